The van der Waals surface area contributed by atoms with Gasteiger partial charge >= 0.3 is 0 Å². The maximum Gasteiger partial charge on any atom is 0.107 e. The van der Waals surface area contributed by atoms with Gasteiger partial charge in [-0.25, -0.2) is 4.98 Å². The van der Waals surface area contributed by atoms with Gasteiger partial charge in [-0.15, -0.1) is 0 Å². The van der Waals surface area contributed by atoms with Crippen LogP contribution in [0.4, 0.5) is 5.69 Å². The molecule has 2 aromatic rings. The van der Waals surface area contributed by atoms with Crippen LogP contribution in [-0.2, 0) is 6.42 Å². The molecule has 0 amide bonds. The van der Waals surface area contributed by atoms with E-state index in [1.165, 1.54) is 44.9 Å². The molecule has 0 unspecified atom stereocenters. The van der Waals surface area contributed by atoms with Crippen LogP contribution in [0.5, 0.6) is 0 Å². The van der Waals surface area contributed by atoms with Gasteiger partial charge in [0.15, 0.2) is 0 Å². The van der Waals surface area contributed by atoms with Crippen molar-refractivity contribution in [2.75, 3.05) is 5.73 Å². The number of benzene rings is 1. The normalized spacial score (nSPS) is 11.2. The van der Waals surface area contributed by atoms with Crippen LogP contribution in [-0.4, -0.2) is 9.97 Å². The number of nitrogens with one attached hydrogen (secondary N) is 1. The standard InChI is InChI=1S/C16H25N3/c1-2-3-4-5-6-7-8-9-16-18-14-11-10-13(17)12-15(14)19-16/h10-12H,2-9,17H2,1H3,(H,18,19). The zero-order valence-corrected chi connectivity index (χ0v) is 11.9. The maximum absolute atomic E-state index is 5.76. The van der Waals surface area contributed by atoms with Crippen LogP contribution in [0.1, 0.15) is 57.7 Å². The van der Waals surface area contributed by atoms with Crippen molar-refractivity contribution in [2.24, 2.45) is 0 Å². The summed E-state index contributed by atoms with van der Waals surface area (Å²) in [6.07, 6.45) is 10.4. The summed E-state index contributed by atoms with van der Waals surface area (Å²) >= 11 is 0. The molecule has 2 rings (SSSR count). The highest BCUT2D eigenvalue weighted by atomic mass is 14.9. The van der Waals surface area contributed by atoms with Crippen molar-refractivity contribution in [1.82, 2.24) is 9.97 Å². The summed E-state index contributed by atoms with van der Waals surface area (Å²) in [4.78, 5) is 7.95. The van der Waals surface area contributed by atoms with E-state index in [4.69, 9.17) is 5.73 Å². The van der Waals surface area contributed by atoms with Crippen molar-refractivity contribution < 1.29 is 0 Å². The van der Waals surface area contributed by atoms with E-state index in [-0.39, 0.29) is 0 Å². The summed E-state index contributed by atoms with van der Waals surface area (Å²) in [6.45, 7) is 2.26. The maximum atomic E-state index is 5.76. The van der Waals surface area contributed by atoms with Crippen LogP contribution in [0.3, 0.4) is 0 Å². The lowest BCUT2D eigenvalue weighted by atomic mass is 10.1. The Morgan fingerprint density at radius 1 is 1.05 bits per heavy atom. The predicted molar refractivity (Wildman–Crippen MR) is 82.2 cm³/mol. The van der Waals surface area contributed by atoms with Gasteiger partial charge in [-0.1, -0.05) is 45.4 Å². The molecule has 0 fully saturated rings. The first-order valence-electron chi connectivity index (χ1n) is 7.53. The average Bonchev–Trinajstić information content (AvgIpc) is 2.79. The summed E-state index contributed by atoms with van der Waals surface area (Å²) < 4.78 is 0. The number of aromatic nitrogens is 2. The van der Waals surface area contributed by atoms with Crippen LogP contribution in [0.25, 0.3) is 11.0 Å². The Hall–Kier alpha value is -1.51. The molecular weight excluding hydrogens is 234 g/mol. The summed E-state index contributed by atoms with van der Waals surface area (Å²) in [5.41, 5.74) is 8.63. The van der Waals surface area contributed by atoms with Crippen LogP contribution >= 0.6 is 0 Å². The Bertz CT molecular complexity index is 502. The highest BCUT2D eigenvalue weighted by Crippen LogP contribution is 2.16. The molecule has 0 aliphatic rings. The quantitative estimate of drug-likeness (QED) is 0.544. The highest BCUT2D eigenvalue weighted by molar-refractivity contribution is 5.78. The van der Waals surface area contributed by atoms with Crippen molar-refractivity contribution in [3.63, 3.8) is 0 Å². The van der Waals surface area contributed by atoms with Crippen molar-refractivity contribution in [1.29, 1.82) is 0 Å². The second-order valence-electron chi connectivity index (χ2n) is 5.33. The molecule has 1 heterocycles. The lowest BCUT2D eigenvalue weighted by Gasteiger charge is -1.99. The largest absolute Gasteiger partial charge is 0.399 e. The SMILES string of the molecule is CCCCCCCCCc1nc2ccc(N)cc2[nH]1. The Kier molecular flexibility index (Phi) is 5.25. The number of hydrogen-bond acceptors (Lipinski definition) is 2. The Labute approximate surface area is 115 Å². The van der Waals surface area contributed by atoms with Gasteiger partial charge in [0, 0.05) is 12.1 Å². The Morgan fingerprint density at radius 2 is 1.79 bits per heavy atom. The number of anilines is 1. The van der Waals surface area contributed by atoms with Crippen LogP contribution in [0.2, 0.25) is 0 Å². The van der Waals surface area contributed by atoms with Gasteiger partial charge in [-0.05, 0) is 24.6 Å². The second kappa shape index (κ2) is 7.17. The number of unbranched alkanes of at least 4 members (excludes halogenated alkanes) is 6. The van der Waals surface area contributed by atoms with E-state index in [0.29, 0.717) is 0 Å². The number of aryl methyl sites for hydroxylation is 1. The number of hydrogen-bond donors (Lipinski definition) is 2. The van der Waals surface area contributed by atoms with Crippen molar-refractivity contribution in [3.05, 3.63) is 24.0 Å². The molecular formula is C16H25N3. The number of imidazole rings is 1. The summed E-state index contributed by atoms with van der Waals surface area (Å²) in [5, 5.41) is 0. The Morgan fingerprint density at radius 3 is 2.58 bits per heavy atom. The summed E-state index contributed by atoms with van der Waals surface area (Å²) in [5.74, 6) is 1.09. The highest BCUT2D eigenvalue weighted by Gasteiger charge is 2.02. The molecule has 3 nitrogen and oxygen atoms in total. The minimum atomic E-state index is 0.790. The molecule has 0 spiro atoms. The van der Waals surface area contributed by atoms with Crippen molar-refractivity contribution in [3.8, 4) is 0 Å². The second-order valence-corrected chi connectivity index (χ2v) is 5.33. The number of rotatable bonds is 8. The fourth-order valence-corrected chi connectivity index (χ4v) is 2.45. The molecule has 1 aromatic carbocycles. The van der Waals surface area contributed by atoms with E-state index in [1.807, 2.05) is 18.2 Å². The molecule has 19 heavy (non-hydrogen) atoms. The topological polar surface area (TPSA) is 54.7 Å². The molecule has 3 heteroatoms. The van der Waals surface area contributed by atoms with E-state index in [0.717, 1.165) is 29.0 Å². The number of fused-ring (bicyclic) bond motifs is 1. The third kappa shape index (κ3) is 4.27. The fraction of sp³-hybridized carbons (Fsp3) is 0.562. The van der Waals surface area contributed by atoms with Gasteiger partial charge < -0.3 is 10.7 Å². The zero-order chi connectivity index (χ0) is 13.5. The molecule has 104 valence electrons. The van der Waals surface area contributed by atoms with Crippen molar-refractivity contribution >= 4 is 16.7 Å². The molecule has 0 aliphatic heterocycles. The lowest BCUT2D eigenvalue weighted by Crippen LogP contribution is -1.88. The minimum absolute atomic E-state index is 0.790. The number of nitrogens with zero attached hydrogens (tertiary/aromatic N) is 1. The summed E-state index contributed by atoms with van der Waals surface area (Å²) in [7, 11) is 0. The molecule has 1 aromatic heterocycles. The monoisotopic (exact) mass is 259 g/mol. The third-order valence-corrected chi connectivity index (χ3v) is 3.57. The molecule has 0 bridgehead atoms. The summed E-state index contributed by atoms with van der Waals surface area (Å²) in [6, 6.07) is 5.84. The van der Waals surface area contributed by atoms with Gasteiger partial charge in [0.25, 0.3) is 0 Å². The van der Waals surface area contributed by atoms with E-state index < -0.39 is 0 Å². The van der Waals surface area contributed by atoms with Gasteiger partial charge in [0.2, 0.25) is 0 Å². The first-order valence-corrected chi connectivity index (χ1v) is 7.53. The number of aromatic amines is 1. The molecule has 0 radical (unpaired) electrons. The van der Waals surface area contributed by atoms with E-state index in [1.54, 1.807) is 0 Å². The van der Waals surface area contributed by atoms with E-state index >= 15 is 0 Å². The van der Waals surface area contributed by atoms with Gasteiger partial charge in [-0.2, -0.15) is 0 Å². The number of H-pyrrole nitrogens is 1. The number of nitrogen functional groups attached to an aromatic ring is 1. The van der Waals surface area contributed by atoms with Crippen LogP contribution in [0, 0.1) is 0 Å². The van der Waals surface area contributed by atoms with Crippen molar-refractivity contribution in [2.45, 2.75) is 58.3 Å². The molecule has 0 atom stereocenters. The lowest BCUT2D eigenvalue weighted by molar-refractivity contribution is 0.585. The Balaban J connectivity index is 1.72. The van der Waals surface area contributed by atoms with Gasteiger partial charge in [-0.3, -0.25) is 0 Å². The van der Waals surface area contributed by atoms with E-state index in [2.05, 4.69) is 16.9 Å². The smallest absolute Gasteiger partial charge is 0.107 e. The third-order valence-electron chi connectivity index (χ3n) is 3.57. The first-order chi connectivity index (χ1) is 9.29. The van der Waals surface area contributed by atoms with E-state index in [9.17, 15) is 0 Å². The minimum Gasteiger partial charge on any atom is -0.399 e. The fourth-order valence-electron chi connectivity index (χ4n) is 2.45. The molecule has 0 aliphatic carbocycles. The molecule has 0 saturated carbocycles. The number of nitrogens with two attached hydrogens (primary N) is 1. The van der Waals surface area contributed by atoms with Gasteiger partial charge in [0.1, 0.15) is 5.82 Å². The van der Waals surface area contributed by atoms with Gasteiger partial charge in [0.05, 0.1) is 11.0 Å². The average molecular weight is 259 g/mol. The predicted octanol–water partition coefficient (Wildman–Crippen LogP) is 4.44. The zero-order valence-electron chi connectivity index (χ0n) is 11.9. The van der Waals surface area contributed by atoms with Crippen LogP contribution in [0.15, 0.2) is 18.2 Å². The van der Waals surface area contributed by atoms with Crippen LogP contribution < -0.4 is 5.73 Å². The molecule has 0 saturated heterocycles. The first kappa shape index (κ1) is 13.9. The molecule has 3 N–H and O–H groups in total.